The zero-order valence-electron chi connectivity index (χ0n) is 16.0. The van der Waals surface area contributed by atoms with Gasteiger partial charge in [-0.25, -0.2) is 9.97 Å². The van der Waals surface area contributed by atoms with E-state index in [4.69, 9.17) is 5.73 Å². The van der Waals surface area contributed by atoms with Crippen molar-refractivity contribution in [1.29, 1.82) is 0 Å². The molecule has 0 aromatic carbocycles. The SMILES string of the molecule is Cc1cc(N2CCC(c3nnc(Cn4ccnc4C)n3C)CC2)nc(N)n1. The molecule has 1 aliphatic rings. The van der Waals surface area contributed by atoms with Crippen LogP contribution in [0.2, 0.25) is 0 Å². The lowest BCUT2D eigenvalue weighted by Gasteiger charge is -2.32. The van der Waals surface area contributed by atoms with Gasteiger partial charge in [0.1, 0.15) is 17.5 Å². The quantitative estimate of drug-likeness (QED) is 0.744. The van der Waals surface area contributed by atoms with Crippen LogP contribution in [0.4, 0.5) is 11.8 Å². The molecule has 0 spiro atoms. The van der Waals surface area contributed by atoms with Gasteiger partial charge in [-0.05, 0) is 26.7 Å². The van der Waals surface area contributed by atoms with Gasteiger partial charge in [-0.15, -0.1) is 10.2 Å². The zero-order valence-corrected chi connectivity index (χ0v) is 16.0. The molecule has 0 atom stereocenters. The van der Waals surface area contributed by atoms with Gasteiger partial charge in [-0.3, -0.25) is 0 Å². The van der Waals surface area contributed by atoms with E-state index in [9.17, 15) is 0 Å². The van der Waals surface area contributed by atoms with Crippen molar-refractivity contribution in [2.75, 3.05) is 23.7 Å². The number of aryl methyl sites for hydroxylation is 2. The lowest BCUT2D eigenvalue weighted by molar-refractivity contribution is 0.470. The number of nitrogens with two attached hydrogens (primary N) is 1. The second-order valence-corrected chi connectivity index (χ2v) is 7.12. The predicted octanol–water partition coefficient (Wildman–Crippen LogP) is 1.43. The van der Waals surface area contributed by atoms with E-state index >= 15 is 0 Å². The molecule has 27 heavy (non-hydrogen) atoms. The number of imidazole rings is 1. The van der Waals surface area contributed by atoms with Gasteiger partial charge in [0.15, 0.2) is 5.82 Å². The molecule has 9 heteroatoms. The molecule has 0 radical (unpaired) electrons. The molecule has 0 saturated carbocycles. The summed E-state index contributed by atoms with van der Waals surface area (Å²) in [4.78, 5) is 15.1. The second kappa shape index (κ2) is 6.98. The molecule has 0 unspecified atom stereocenters. The van der Waals surface area contributed by atoms with Crippen LogP contribution in [-0.2, 0) is 13.6 Å². The topological polar surface area (TPSA) is 104 Å². The molecule has 2 N–H and O–H groups in total. The third kappa shape index (κ3) is 3.49. The minimum atomic E-state index is 0.333. The van der Waals surface area contributed by atoms with E-state index in [1.165, 1.54) is 0 Å². The largest absolute Gasteiger partial charge is 0.368 e. The first-order chi connectivity index (χ1) is 13.0. The molecule has 1 fully saturated rings. The number of aromatic nitrogens is 7. The Balaban J connectivity index is 1.45. The van der Waals surface area contributed by atoms with Crippen molar-refractivity contribution in [3.63, 3.8) is 0 Å². The number of anilines is 2. The first-order valence-corrected chi connectivity index (χ1v) is 9.23. The third-order valence-corrected chi connectivity index (χ3v) is 5.28. The maximum Gasteiger partial charge on any atom is 0.222 e. The van der Waals surface area contributed by atoms with Gasteiger partial charge in [0.2, 0.25) is 5.95 Å². The van der Waals surface area contributed by atoms with E-state index in [1.54, 1.807) is 0 Å². The summed E-state index contributed by atoms with van der Waals surface area (Å²) in [6, 6.07) is 1.99. The summed E-state index contributed by atoms with van der Waals surface area (Å²) in [6.45, 7) is 6.46. The van der Waals surface area contributed by atoms with Crippen molar-refractivity contribution in [2.24, 2.45) is 7.05 Å². The number of nitrogen functional groups attached to an aromatic ring is 1. The van der Waals surface area contributed by atoms with Gasteiger partial charge in [-0.1, -0.05) is 0 Å². The van der Waals surface area contributed by atoms with Crippen molar-refractivity contribution in [3.05, 3.63) is 41.6 Å². The molecule has 9 nitrogen and oxygen atoms in total. The standard InChI is InChI=1S/C18H25N9/c1-12-10-15(22-18(19)21-12)26-7-4-14(5-8-26)17-24-23-16(25(17)3)11-27-9-6-20-13(27)2/h6,9-10,14H,4-5,7-8,11H2,1-3H3,(H2,19,21,22). The molecule has 142 valence electrons. The van der Waals surface area contributed by atoms with Crippen molar-refractivity contribution >= 4 is 11.8 Å². The van der Waals surface area contributed by atoms with E-state index in [0.717, 1.165) is 54.9 Å². The summed E-state index contributed by atoms with van der Waals surface area (Å²) >= 11 is 0. The van der Waals surface area contributed by atoms with E-state index < -0.39 is 0 Å². The summed E-state index contributed by atoms with van der Waals surface area (Å²) < 4.78 is 4.21. The molecular formula is C18H25N9. The van der Waals surface area contributed by atoms with E-state index in [0.29, 0.717) is 18.4 Å². The van der Waals surface area contributed by atoms with Crippen LogP contribution in [0.1, 0.15) is 41.9 Å². The van der Waals surface area contributed by atoms with Crippen LogP contribution in [0.3, 0.4) is 0 Å². The maximum absolute atomic E-state index is 5.80. The van der Waals surface area contributed by atoms with Crippen LogP contribution in [0.15, 0.2) is 18.5 Å². The molecule has 3 aromatic heterocycles. The fourth-order valence-corrected chi connectivity index (χ4v) is 3.69. The molecule has 4 heterocycles. The highest BCUT2D eigenvalue weighted by Crippen LogP contribution is 2.29. The summed E-state index contributed by atoms with van der Waals surface area (Å²) in [5.74, 6) is 4.63. The summed E-state index contributed by atoms with van der Waals surface area (Å²) in [5.41, 5.74) is 6.69. The Bertz CT molecular complexity index is 914. The van der Waals surface area contributed by atoms with Crippen LogP contribution in [0.25, 0.3) is 0 Å². The lowest BCUT2D eigenvalue weighted by Crippen LogP contribution is -2.34. The second-order valence-electron chi connectivity index (χ2n) is 7.12. The lowest BCUT2D eigenvalue weighted by atomic mass is 9.96. The Labute approximate surface area is 158 Å². The van der Waals surface area contributed by atoms with Gasteiger partial charge in [-0.2, -0.15) is 4.98 Å². The molecule has 0 amide bonds. The van der Waals surface area contributed by atoms with Gasteiger partial charge >= 0.3 is 0 Å². The Kier molecular flexibility index (Phi) is 4.51. The minimum Gasteiger partial charge on any atom is -0.368 e. The normalized spacial score (nSPS) is 15.4. The Hall–Kier alpha value is -2.97. The number of piperidine rings is 1. The van der Waals surface area contributed by atoms with Crippen molar-refractivity contribution in [3.8, 4) is 0 Å². The molecule has 3 aromatic rings. The van der Waals surface area contributed by atoms with E-state index in [-0.39, 0.29) is 0 Å². The maximum atomic E-state index is 5.80. The van der Waals surface area contributed by atoms with Crippen LogP contribution in [0.5, 0.6) is 0 Å². The molecule has 1 aliphatic heterocycles. The highest BCUT2D eigenvalue weighted by Gasteiger charge is 2.26. The highest BCUT2D eigenvalue weighted by atomic mass is 15.3. The van der Waals surface area contributed by atoms with Gasteiger partial charge in [0, 0.05) is 50.2 Å². The van der Waals surface area contributed by atoms with Crippen molar-refractivity contribution in [2.45, 2.75) is 39.2 Å². The van der Waals surface area contributed by atoms with Crippen LogP contribution in [0, 0.1) is 13.8 Å². The predicted molar refractivity (Wildman–Crippen MR) is 102 cm³/mol. The first kappa shape index (κ1) is 17.4. The summed E-state index contributed by atoms with van der Waals surface area (Å²) in [6.07, 6.45) is 5.81. The summed E-state index contributed by atoms with van der Waals surface area (Å²) in [5, 5.41) is 8.91. The monoisotopic (exact) mass is 367 g/mol. The average Bonchev–Trinajstić information content (AvgIpc) is 3.21. The number of rotatable bonds is 4. The molecule has 0 aliphatic carbocycles. The van der Waals surface area contributed by atoms with Gasteiger partial charge in [0.05, 0.1) is 6.54 Å². The molecular weight excluding hydrogens is 342 g/mol. The Morgan fingerprint density at radius 1 is 1.15 bits per heavy atom. The van der Waals surface area contributed by atoms with Gasteiger partial charge < -0.3 is 19.8 Å². The zero-order chi connectivity index (χ0) is 19.0. The number of nitrogens with zero attached hydrogens (tertiary/aromatic N) is 8. The third-order valence-electron chi connectivity index (χ3n) is 5.28. The minimum absolute atomic E-state index is 0.333. The smallest absolute Gasteiger partial charge is 0.222 e. The Morgan fingerprint density at radius 2 is 1.93 bits per heavy atom. The first-order valence-electron chi connectivity index (χ1n) is 9.23. The van der Waals surface area contributed by atoms with Crippen LogP contribution >= 0.6 is 0 Å². The van der Waals surface area contributed by atoms with E-state index in [1.807, 2.05) is 32.3 Å². The molecule has 4 rings (SSSR count). The molecule has 1 saturated heterocycles. The van der Waals surface area contributed by atoms with E-state index in [2.05, 4.69) is 46.2 Å². The molecule has 0 bridgehead atoms. The van der Waals surface area contributed by atoms with Gasteiger partial charge in [0.25, 0.3) is 0 Å². The summed E-state index contributed by atoms with van der Waals surface area (Å²) in [7, 11) is 2.05. The van der Waals surface area contributed by atoms with Crippen molar-refractivity contribution < 1.29 is 0 Å². The fraction of sp³-hybridized carbons (Fsp3) is 0.500. The fourth-order valence-electron chi connectivity index (χ4n) is 3.69. The number of hydrogen-bond donors (Lipinski definition) is 1. The number of hydrogen-bond acceptors (Lipinski definition) is 7. The average molecular weight is 367 g/mol. The highest BCUT2D eigenvalue weighted by molar-refractivity contribution is 5.43. The van der Waals surface area contributed by atoms with Crippen molar-refractivity contribution in [1.82, 2.24) is 34.3 Å². The van der Waals surface area contributed by atoms with Crippen LogP contribution < -0.4 is 10.6 Å². The van der Waals surface area contributed by atoms with Crippen LogP contribution in [-0.4, -0.2) is 47.4 Å². The Morgan fingerprint density at radius 3 is 2.59 bits per heavy atom.